The lowest BCUT2D eigenvalue weighted by atomic mass is 10.2. The maximum absolute atomic E-state index is 13.8. The van der Waals surface area contributed by atoms with Crippen molar-refractivity contribution in [1.82, 2.24) is 0 Å². The van der Waals surface area contributed by atoms with Gasteiger partial charge in [0.15, 0.2) is 5.82 Å². The molecule has 0 saturated heterocycles. The number of aliphatic hydroxyl groups excluding tert-OH is 1. The number of hydrogen-bond donors (Lipinski definition) is 4. The molecule has 0 heterocycles. The van der Waals surface area contributed by atoms with Gasteiger partial charge in [-0.2, -0.15) is 0 Å². The van der Waals surface area contributed by atoms with Crippen molar-refractivity contribution in [2.24, 2.45) is 0 Å². The third-order valence-corrected chi connectivity index (χ3v) is 2.59. The summed E-state index contributed by atoms with van der Waals surface area (Å²) in [6.07, 6.45) is 0. The van der Waals surface area contributed by atoms with E-state index in [1.165, 1.54) is 13.2 Å². The summed E-state index contributed by atoms with van der Waals surface area (Å²) in [5.41, 5.74) is 11.3. The van der Waals surface area contributed by atoms with Gasteiger partial charge in [-0.3, -0.25) is 0 Å². The minimum absolute atomic E-state index is 0.0142. The van der Waals surface area contributed by atoms with Crippen LogP contribution in [0, 0.1) is 5.82 Å². The van der Waals surface area contributed by atoms with Crippen LogP contribution in [0.15, 0.2) is 6.07 Å². The molecule has 0 aromatic heterocycles. The van der Waals surface area contributed by atoms with Crippen LogP contribution in [0.4, 0.5) is 21.5 Å². The van der Waals surface area contributed by atoms with Crippen molar-refractivity contribution in [2.75, 3.05) is 37.1 Å². The Labute approximate surface area is 103 Å². The Morgan fingerprint density at radius 3 is 2.71 bits per heavy atom. The molecular formula is C10H15ClFN3O2. The molecule has 1 rings (SSSR count). The highest BCUT2D eigenvalue weighted by molar-refractivity contribution is 6.33. The summed E-state index contributed by atoms with van der Waals surface area (Å²) in [5, 5.41) is 11.6. The highest BCUT2D eigenvalue weighted by Gasteiger charge is 2.17. The summed E-state index contributed by atoms with van der Waals surface area (Å²) in [6.45, 7) is -0.0217. The Hall–Kier alpha value is -1.24. The van der Waals surface area contributed by atoms with E-state index < -0.39 is 11.9 Å². The summed E-state index contributed by atoms with van der Waals surface area (Å²) in [4.78, 5) is 0. The highest BCUT2D eigenvalue weighted by atomic mass is 35.5. The number of anilines is 3. The van der Waals surface area contributed by atoms with Gasteiger partial charge in [0.1, 0.15) is 5.02 Å². The molecule has 17 heavy (non-hydrogen) atoms. The number of nitrogens with one attached hydrogen (secondary N) is 1. The van der Waals surface area contributed by atoms with Crippen LogP contribution in [0.1, 0.15) is 0 Å². The molecule has 1 aromatic rings. The van der Waals surface area contributed by atoms with E-state index in [4.69, 9.17) is 32.9 Å². The Kier molecular flexibility index (Phi) is 4.80. The fraction of sp³-hybridized carbons (Fsp3) is 0.400. The molecule has 0 bridgehead atoms. The summed E-state index contributed by atoms with van der Waals surface area (Å²) in [7, 11) is 1.47. The minimum atomic E-state index is -0.737. The number of nitrogen functional groups attached to an aromatic ring is 2. The lowest BCUT2D eigenvalue weighted by Crippen LogP contribution is -2.29. The van der Waals surface area contributed by atoms with Gasteiger partial charge in [-0.05, 0) is 6.07 Å². The normalized spacial score (nSPS) is 12.5. The maximum Gasteiger partial charge on any atom is 0.169 e. The monoisotopic (exact) mass is 263 g/mol. The molecule has 1 aromatic carbocycles. The second-order valence-corrected chi connectivity index (χ2v) is 3.92. The highest BCUT2D eigenvalue weighted by Crippen LogP contribution is 2.33. The lowest BCUT2D eigenvalue weighted by molar-refractivity contribution is 0.153. The first-order valence-electron chi connectivity index (χ1n) is 4.90. The van der Waals surface area contributed by atoms with Gasteiger partial charge in [0.05, 0.1) is 36.3 Å². The number of ether oxygens (including phenoxy) is 1. The largest absolute Gasteiger partial charge is 0.397 e. The van der Waals surface area contributed by atoms with Crippen LogP contribution in [-0.2, 0) is 4.74 Å². The predicted molar refractivity (Wildman–Crippen MR) is 66.6 cm³/mol. The van der Waals surface area contributed by atoms with Gasteiger partial charge >= 0.3 is 0 Å². The van der Waals surface area contributed by atoms with E-state index in [9.17, 15) is 4.39 Å². The van der Waals surface area contributed by atoms with Crippen LogP contribution in [0.3, 0.4) is 0 Å². The molecule has 1 atom stereocenters. The van der Waals surface area contributed by atoms with E-state index in [2.05, 4.69) is 5.32 Å². The Bertz CT molecular complexity index is 404. The van der Waals surface area contributed by atoms with Gasteiger partial charge in [-0.15, -0.1) is 0 Å². The second kappa shape index (κ2) is 5.90. The first kappa shape index (κ1) is 13.8. The first-order chi connectivity index (χ1) is 8.01. The van der Waals surface area contributed by atoms with E-state index in [0.717, 1.165) is 0 Å². The molecule has 0 spiro atoms. The molecule has 7 heteroatoms. The minimum Gasteiger partial charge on any atom is -0.397 e. The fourth-order valence-corrected chi connectivity index (χ4v) is 1.51. The van der Waals surface area contributed by atoms with Crippen LogP contribution in [0.5, 0.6) is 0 Å². The van der Waals surface area contributed by atoms with Gasteiger partial charge < -0.3 is 26.6 Å². The van der Waals surface area contributed by atoms with Crippen molar-refractivity contribution < 1.29 is 14.2 Å². The maximum atomic E-state index is 13.8. The van der Waals surface area contributed by atoms with Crippen molar-refractivity contribution in [1.29, 1.82) is 0 Å². The zero-order valence-corrected chi connectivity index (χ0v) is 10.1. The van der Waals surface area contributed by atoms with Crippen molar-refractivity contribution in [2.45, 2.75) is 6.04 Å². The van der Waals surface area contributed by atoms with Crippen molar-refractivity contribution in [3.8, 4) is 0 Å². The number of rotatable bonds is 5. The van der Waals surface area contributed by atoms with E-state index >= 15 is 0 Å². The molecule has 1 unspecified atom stereocenters. The molecule has 5 nitrogen and oxygen atoms in total. The molecule has 96 valence electrons. The SMILES string of the molecule is COCC(CO)Nc1c(N)cc(N)c(Cl)c1F. The molecule has 0 aliphatic heterocycles. The van der Waals surface area contributed by atoms with Crippen LogP contribution in [0.2, 0.25) is 5.02 Å². The van der Waals surface area contributed by atoms with Gasteiger partial charge in [0.2, 0.25) is 0 Å². The molecule has 0 saturated carbocycles. The van der Waals surface area contributed by atoms with Crippen molar-refractivity contribution in [3.63, 3.8) is 0 Å². The summed E-state index contributed by atoms with van der Waals surface area (Å²) in [5.74, 6) is -0.737. The number of benzene rings is 1. The summed E-state index contributed by atoms with van der Waals surface area (Å²) >= 11 is 5.67. The molecule has 0 aliphatic rings. The number of aliphatic hydroxyl groups is 1. The Balaban J connectivity index is 3.01. The van der Waals surface area contributed by atoms with E-state index in [-0.39, 0.29) is 35.3 Å². The van der Waals surface area contributed by atoms with Gasteiger partial charge in [-0.1, -0.05) is 11.6 Å². The molecule has 6 N–H and O–H groups in total. The smallest absolute Gasteiger partial charge is 0.169 e. The van der Waals surface area contributed by atoms with E-state index in [1.807, 2.05) is 0 Å². The van der Waals surface area contributed by atoms with Crippen molar-refractivity contribution >= 4 is 28.7 Å². The van der Waals surface area contributed by atoms with Crippen LogP contribution in [-0.4, -0.2) is 31.5 Å². The Morgan fingerprint density at radius 1 is 1.53 bits per heavy atom. The van der Waals surface area contributed by atoms with Gasteiger partial charge in [-0.25, -0.2) is 4.39 Å². The Morgan fingerprint density at radius 2 is 2.18 bits per heavy atom. The van der Waals surface area contributed by atoms with Crippen LogP contribution < -0.4 is 16.8 Å². The lowest BCUT2D eigenvalue weighted by Gasteiger charge is -2.19. The number of nitrogens with two attached hydrogens (primary N) is 2. The summed E-state index contributed by atoms with van der Waals surface area (Å²) in [6, 6.07) is 0.881. The molecule has 0 fully saturated rings. The quantitative estimate of drug-likeness (QED) is 0.596. The van der Waals surface area contributed by atoms with Crippen molar-refractivity contribution in [3.05, 3.63) is 16.9 Å². The zero-order valence-electron chi connectivity index (χ0n) is 9.34. The average Bonchev–Trinajstić information content (AvgIpc) is 2.30. The first-order valence-corrected chi connectivity index (χ1v) is 5.28. The van der Waals surface area contributed by atoms with Gasteiger partial charge in [0, 0.05) is 7.11 Å². The number of methoxy groups -OCH3 is 1. The van der Waals surface area contributed by atoms with Crippen LogP contribution in [0.25, 0.3) is 0 Å². The van der Waals surface area contributed by atoms with Gasteiger partial charge in [0.25, 0.3) is 0 Å². The third-order valence-electron chi connectivity index (χ3n) is 2.20. The van der Waals surface area contributed by atoms with E-state index in [0.29, 0.717) is 0 Å². The second-order valence-electron chi connectivity index (χ2n) is 3.54. The molecule has 0 amide bonds. The van der Waals surface area contributed by atoms with E-state index in [1.54, 1.807) is 0 Å². The fourth-order valence-electron chi connectivity index (χ4n) is 1.36. The zero-order chi connectivity index (χ0) is 13.0. The average molecular weight is 264 g/mol. The standard InChI is InChI=1S/C10H15ClFN3O2/c1-17-4-5(3-16)15-10-7(14)2-6(13)8(11)9(10)12/h2,5,15-16H,3-4,13-14H2,1H3. The molecular weight excluding hydrogens is 249 g/mol. The molecule has 0 aliphatic carbocycles. The van der Waals surface area contributed by atoms with Crippen LogP contribution >= 0.6 is 11.6 Å². The third kappa shape index (κ3) is 3.12. The topological polar surface area (TPSA) is 93.5 Å². The number of halogens is 2. The molecule has 0 radical (unpaired) electrons. The number of hydrogen-bond acceptors (Lipinski definition) is 5. The predicted octanol–water partition coefficient (Wildman–Crippen LogP) is 1.06. The summed E-state index contributed by atoms with van der Waals surface area (Å²) < 4.78 is 18.6.